The Hall–Kier alpha value is -1.07. The second-order valence-corrected chi connectivity index (χ2v) is 7.07. The van der Waals surface area contributed by atoms with E-state index >= 15 is 0 Å². The van der Waals surface area contributed by atoms with Crippen LogP contribution in [0.25, 0.3) is 0 Å². The Morgan fingerprint density at radius 1 is 1.26 bits per heavy atom. The first kappa shape index (κ1) is 16.8. The molecule has 0 spiro atoms. The van der Waals surface area contributed by atoms with Gasteiger partial charge < -0.3 is 19.9 Å². The van der Waals surface area contributed by atoms with Crippen molar-refractivity contribution in [3.63, 3.8) is 0 Å². The Kier molecular flexibility index (Phi) is 5.95. The summed E-state index contributed by atoms with van der Waals surface area (Å²) in [5, 5.41) is 11.9. The van der Waals surface area contributed by atoms with Crippen molar-refractivity contribution in [3.8, 4) is 0 Å². The second-order valence-electron chi connectivity index (χ2n) is 7.07. The van der Waals surface area contributed by atoms with Crippen molar-refractivity contribution in [2.24, 2.45) is 11.8 Å². The van der Waals surface area contributed by atoms with Crippen LogP contribution in [0.15, 0.2) is 11.8 Å². The number of unbranched alkanes of at least 4 members (excludes halogenated alkanes) is 1. The maximum Gasteiger partial charge on any atom is 0.286 e. The maximum atomic E-state index is 12.4. The Morgan fingerprint density at radius 2 is 2.04 bits per heavy atom. The van der Waals surface area contributed by atoms with Crippen molar-refractivity contribution >= 4 is 5.91 Å². The van der Waals surface area contributed by atoms with Gasteiger partial charge in [0, 0.05) is 19.1 Å². The summed E-state index contributed by atoms with van der Waals surface area (Å²) in [5.41, 5.74) is 0. The van der Waals surface area contributed by atoms with E-state index in [4.69, 9.17) is 14.6 Å². The highest BCUT2D eigenvalue weighted by Crippen LogP contribution is 2.40. The average molecular weight is 323 g/mol. The van der Waals surface area contributed by atoms with Crippen LogP contribution in [0.4, 0.5) is 0 Å². The summed E-state index contributed by atoms with van der Waals surface area (Å²) in [5.74, 6) is 1.44. The zero-order valence-electron chi connectivity index (χ0n) is 13.8. The fourth-order valence-corrected chi connectivity index (χ4v) is 3.38. The van der Waals surface area contributed by atoms with Gasteiger partial charge in [0.1, 0.15) is 0 Å². The van der Waals surface area contributed by atoms with E-state index in [9.17, 15) is 4.79 Å². The third-order valence-electron chi connectivity index (χ3n) is 5.36. The number of nitrogens with one attached hydrogen (secondary N) is 1. The van der Waals surface area contributed by atoms with Gasteiger partial charge >= 0.3 is 0 Å². The van der Waals surface area contributed by atoms with Crippen LogP contribution in [-0.2, 0) is 14.3 Å². The molecular formula is C18H29NO4. The van der Waals surface area contributed by atoms with Gasteiger partial charge in [-0.15, -0.1) is 0 Å². The number of hydrogen-bond donors (Lipinski definition) is 2. The van der Waals surface area contributed by atoms with Gasteiger partial charge in [-0.1, -0.05) is 6.42 Å². The van der Waals surface area contributed by atoms with Crippen molar-refractivity contribution < 1.29 is 19.4 Å². The van der Waals surface area contributed by atoms with Gasteiger partial charge in [0.25, 0.3) is 5.91 Å². The van der Waals surface area contributed by atoms with Crippen LogP contribution >= 0.6 is 0 Å². The topological polar surface area (TPSA) is 67.8 Å². The summed E-state index contributed by atoms with van der Waals surface area (Å²) < 4.78 is 11.6. The number of carbonyl (C=O) groups is 1. The molecule has 0 aromatic heterocycles. The van der Waals surface area contributed by atoms with Gasteiger partial charge in [0.15, 0.2) is 5.76 Å². The molecule has 0 bridgehead atoms. The van der Waals surface area contributed by atoms with Crippen molar-refractivity contribution in [1.29, 1.82) is 0 Å². The number of aliphatic hydroxyl groups is 1. The van der Waals surface area contributed by atoms with Crippen molar-refractivity contribution in [2.45, 2.75) is 70.1 Å². The first-order chi connectivity index (χ1) is 11.3. The molecule has 1 heterocycles. The predicted molar refractivity (Wildman–Crippen MR) is 86.5 cm³/mol. The minimum absolute atomic E-state index is 0.0809. The Balaban J connectivity index is 1.56. The van der Waals surface area contributed by atoms with E-state index in [2.05, 4.69) is 5.32 Å². The van der Waals surface area contributed by atoms with E-state index in [0.29, 0.717) is 30.2 Å². The van der Waals surface area contributed by atoms with Gasteiger partial charge in [0.2, 0.25) is 6.29 Å². The van der Waals surface area contributed by atoms with Crippen LogP contribution in [-0.4, -0.2) is 36.6 Å². The highest BCUT2D eigenvalue weighted by molar-refractivity contribution is 5.91. The highest BCUT2D eigenvalue weighted by atomic mass is 16.7. The van der Waals surface area contributed by atoms with Crippen molar-refractivity contribution in [2.75, 3.05) is 13.2 Å². The molecule has 0 saturated heterocycles. The first-order valence-corrected chi connectivity index (χ1v) is 9.18. The zero-order valence-corrected chi connectivity index (χ0v) is 13.8. The lowest BCUT2D eigenvalue weighted by Crippen LogP contribution is -2.42. The molecule has 2 atom stereocenters. The monoisotopic (exact) mass is 323 g/mol. The Morgan fingerprint density at radius 3 is 2.65 bits per heavy atom. The summed E-state index contributed by atoms with van der Waals surface area (Å²) >= 11 is 0. The quantitative estimate of drug-likeness (QED) is 0.674. The Labute approximate surface area is 138 Å². The number of allylic oxidation sites excluding steroid dienone is 1. The van der Waals surface area contributed by atoms with Crippen LogP contribution in [0.1, 0.15) is 57.8 Å². The molecule has 2 N–H and O–H groups in total. The predicted octanol–water partition coefficient (Wildman–Crippen LogP) is 2.49. The lowest BCUT2D eigenvalue weighted by molar-refractivity contribution is -0.153. The summed E-state index contributed by atoms with van der Waals surface area (Å²) in [6.07, 6.45) is 11.2. The molecule has 23 heavy (non-hydrogen) atoms. The summed E-state index contributed by atoms with van der Waals surface area (Å²) in [6, 6.07) is 0.319. The maximum absolute atomic E-state index is 12.4. The summed E-state index contributed by atoms with van der Waals surface area (Å²) in [6.45, 7) is 0.759. The van der Waals surface area contributed by atoms with Crippen molar-refractivity contribution in [3.05, 3.63) is 11.8 Å². The lowest BCUT2D eigenvalue weighted by atomic mass is 9.73. The van der Waals surface area contributed by atoms with Crippen LogP contribution < -0.4 is 5.32 Å². The number of hydrogen-bond acceptors (Lipinski definition) is 4. The molecule has 0 aromatic carbocycles. The zero-order chi connectivity index (χ0) is 16.1. The molecule has 1 aliphatic heterocycles. The molecule has 130 valence electrons. The van der Waals surface area contributed by atoms with Gasteiger partial charge in [-0.25, -0.2) is 0 Å². The summed E-state index contributed by atoms with van der Waals surface area (Å²) in [7, 11) is 0. The standard InChI is InChI=1S/C18H29NO4/c20-9-1-2-10-22-17-12-14(13-5-3-6-13)11-16(23-17)18(21)19-15-7-4-8-15/h11,13-15,17,20H,1-10,12H2,(H,19,21)/t14-,17+/m0/s1. The number of ether oxygens (including phenoxy) is 2. The molecule has 2 aliphatic carbocycles. The van der Waals surface area contributed by atoms with Crippen LogP contribution in [0.5, 0.6) is 0 Å². The summed E-state index contributed by atoms with van der Waals surface area (Å²) in [4.78, 5) is 12.4. The minimum atomic E-state index is -0.327. The van der Waals surface area contributed by atoms with Crippen LogP contribution in [0.2, 0.25) is 0 Å². The van der Waals surface area contributed by atoms with E-state index in [1.165, 1.54) is 25.7 Å². The number of rotatable bonds is 8. The van der Waals surface area contributed by atoms with Gasteiger partial charge in [0.05, 0.1) is 6.61 Å². The number of aliphatic hydroxyl groups excluding tert-OH is 1. The SMILES string of the molecule is O=C(NC1CCC1)C1=C[C@H](C2CCC2)C[C@H](OCCCCO)O1. The average Bonchev–Trinajstić information content (AvgIpc) is 2.45. The van der Waals surface area contributed by atoms with Crippen LogP contribution in [0, 0.1) is 11.8 Å². The molecule has 0 radical (unpaired) electrons. The molecule has 0 aromatic rings. The smallest absolute Gasteiger partial charge is 0.286 e. The molecule has 5 nitrogen and oxygen atoms in total. The van der Waals surface area contributed by atoms with E-state index in [-0.39, 0.29) is 18.8 Å². The van der Waals surface area contributed by atoms with E-state index in [0.717, 1.165) is 32.1 Å². The lowest BCUT2D eigenvalue weighted by Gasteiger charge is -2.37. The first-order valence-electron chi connectivity index (χ1n) is 9.18. The number of carbonyl (C=O) groups excluding carboxylic acids is 1. The number of amides is 1. The molecule has 2 fully saturated rings. The molecule has 2 saturated carbocycles. The molecule has 5 heteroatoms. The molecule has 3 rings (SSSR count). The third kappa shape index (κ3) is 4.48. The van der Waals surface area contributed by atoms with Gasteiger partial charge in [-0.05, 0) is 62.9 Å². The second kappa shape index (κ2) is 8.15. The fraction of sp³-hybridized carbons (Fsp3) is 0.833. The molecular weight excluding hydrogens is 294 g/mol. The van der Waals surface area contributed by atoms with Crippen molar-refractivity contribution in [1.82, 2.24) is 5.32 Å². The van der Waals surface area contributed by atoms with Gasteiger partial charge in [-0.2, -0.15) is 0 Å². The van der Waals surface area contributed by atoms with E-state index in [1.54, 1.807) is 0 Å². The third-order valence-corrected chi connectivity index (χ3v) is 5.36. The molecule has 0 unspecified atom stereocenters. The van der Waals surface area contributed by atoms with Gasteiger partial charge in [-0.3, -0.25) is 4.79 Å². The Bertz CT molecular complexity index is 429. The molecule has 3 aliphatic rings. The normalized spacial score (nSPS) is 28.3. The minimum Gasteiger partial charge on any atom is -0.459 e. The molecule has 1 amide bonds. The van der Waals surface area contributed by atoms with E-state index < -0.39 is 0 Å². The van der Waals surface area contributed by atoms with E-state index in [1.807, 2.05) is 6.08 Å². The van der Waals surface area contributed by atoms with Crippen LogP contribution in [0.3, 0.4) is 0 Å². The highest BCUT2D eigenvalue weighted by Gasteiger charge is 2.35. The largest absolute Gasteiger partial charge is 0.459 e. The fourth-order valence-electron chi connectivity index (χ4n) is 3.38.